The van der Waals surface area contributed by atoms with Gasteiger partial charge in [0.25, 0.3) is 0 Å². The van der Waals surface area contributed by atoms with E-state index in [1.54, 1.807) is 53.4 Å². The third kappa shape index (κ3) is 4.21. The van der Waals surface area contributed by atoms with Gasteiger partial charge in [-0.3, -0.25) is 14.4 Å². The van der Waals surface area contributed by atoms with Crippen LogP contribution in [-0.2, 0) is 14.4 Å². The molecule has 1 fully saturated rings. The maximum Gasteiger partial charge on any atom is 0.229 e. The van der Waals surface area contributed by atoms with Crippen LogP contribution in [0.1, 0.15) is 13.3 Å². The Balaban J connectivity index is 1.66. The van der Waals surface area contributed by atoms with Crippen molar-refractivity contribution in [3.8, 4) is 0 Å². The fourth-order valence-corrected chi connectivity index (χ4v) is 3.00. The number of nitrogens with zero attached hydrogens (tertiary/aromatic N) is 1. The molecule has 26 heavy (non-hydrogen) atoms. The quantitative estimate of drug-likeness (QED) is 0.865. The average molecular weight is 372 g/mol. The van der Waals surface area contributed by atoms with Gasteiger partial charge in [-0.25, -0.2) is 0 Å². The molecule has 2 aromatic rings. The average Bonchev–Trinajstić information content (AvgIpc) is 2.97. The van der Waals surface area contributed by atoms with Crippen LogP contribution in [0.25, 0.3) is 0 Å². The molecule has 3 amide bonds. The molecule has 1 aliphatic rings. The summed E-state index contributed by atoms with van der Waals surface area (Å²) in [5, 5.41) is 6.07. The van der Waals surface area contributed by atoms with Crippen LogP contribution in [0.2, 0.25) is 5.02 Å². The van der Waals surface area contributed by atoms with Crippen molar-refractivity contribution in [2.24, 2.45) is 5.92 Å². The zero-order chi connectivity index (χ0) is 18.7. The Morgan fingerprint density at radius 3 is 2.38 bits per heavy atom. The molecule has 6 nitrogen and oxygen atoms in total. The molecular weight excluding hydrogens is 354 g/mol. The second kappa shape index (κ2) is 7.58. The van der Waals surface area contributed by atoms with Crippen LogP contribution in [0.15, 0.2) is 48.5 Å². The van der Waals surface area contributed by atoms with Crippen LogP contribution in [-0.4, -0.2) is 24.3 Å². The van der Waals surface area contributed by atoms with E-state index in [1.807, 2.05) is 0 Å². The molecule has 2 aromatic carbocycles. The van der Waals surface area contributed by atoms with E-state index in [0.29, 0.717) is 22.9 Å². The second-order valence-electron chi connectivity index (χ2n) is 6.13. The molecule has 3 rings (SSSR count). The zero-order valence-corrected chi connectivity index (χ0v) is 14.9. The minimum atomic E-state index is -0.442. The highest BCUT2D eigenvalue weighted by atomic mass is 35.5. The van der Waals surface area contributed by atoms with Gasteiger partial charge in [0.1, 0.15) is 0 Å². The highest BCUT2D eigenvalue weighted by Crippen LogP contribution is 2.27. The van der Waals surface area contributed by atoms with Crippen LogP contribution in [0.5, 0.6) is 0 Å². The lowest BCUT2D eigenvalue weighted by Crippen LogP contribution is -2.28. The van der Waals surface area contributed by atoms with Crippen molar-refractivity contribution in [2.45, 2.75) is 13.3 Å². The number of anilines is 3. The van der Waals surface area contributed by atoms with E-state index in [0.717, 1.165) is 5.69 Å². The van der Waals surface area contributed by atoms with Gasteiger partial charge in [0.05, 0.1) is 5.92 Å². The van der Waals surface area contributed by atoms with Crippen molar-refractivity contribution in [3.05, 3.63) is 53.6 Å². The lowest BCUT2D eigenvalue weighted by molar-refractivity contribution is -0.122. The summed E-state index contributed by atoms with van der Waals surface area (Å²) in [7, 11) is 0. The highest BCUT2D eigenvalue weighted by molar-refractivity contribution is 6.30. The number of carbonyl (C=O) groups excluding carboxylic acids is 3. The number of benzene rings is 2. The van der Waals surface area contributed by atoms with Gasteiger partial charge in [0.15, 0.2) is 0 Å². The number of hydrogen-bond acceptors (Lipinski definition) is 3. The lowest BCUT2D eigenvalue weighted by Gasteiger charge is -2.17. The molecule has 1 unspecified atom stereocenters. The maximum atomic E-state index is 12.5. The predicted octanol–water partition coefficient (Wildman–Crippen LogP) is 3.29. The third-order valence-corrected chi connectivity index (χ3v) is 4.34. The first kappa shape index (κ1) is 17.9. The number of hydrogen-bond donors (Lipinski definition) is 2. The molecule has 2 N–H and O–H groups in total. The summed E-state index contributed by atoms with van der Waals surface area (Å²) < 4.78 is 0. The van der Waals surface area contributed by atoms with Crippen LogP contribution in [0.3, 0.4) is 0 Å². The van der Waals surface area contributed by atoms with Crippen molar-refractivity contribution in [1.82, 2.24) is 0 Å². The molecule has 0 saturated carbocycles. The van der Waals surface area contributed by atoms with Crippen molar-refractivity contribution in [3.63, 3.8) is 0 Å². The van der Waals surface area contributed by atoms with Gasteiger partial charge >= 0.3 is 0 Å². The van der Waals surface area contributed by atoms with E-state index in [1.165, 1.54) is 6.92 Å². The third-order valence-electron chi connectivity index (χ3n) is 4.08. The van der Waals surface area contributed by atoms with Gasteiger partial charge in [0, 0.05) is 42.0 Å². The smallest absolute Gasteiger partial charge is 0.229 e. The van der Waals surface area contributed by atoms with Gasteiger partial charge in [-0.15, -0.1) is 0 Å². The number of halogens is 1. The number of amides is 3. The number of rotatable bonds is 4. The Morgan fingerprint density at radius 1 is 1.08 bits per heavy atom. The summed E-state index contributed by atoms with van der Waals surface area (Å²) in [6.07, 6.45) is 0.153. The summed E-state index contributed by atoms with van der Waals surface area (Å²) >= 11 is 5.87. The van der Waals surface area contributed by atoms with Gasteiger partial charge in [-0.1, -0.05) is 17.7 Å². The van der Waals surface area contributed by atoms with Crippen LogP contribution in [0.4, 0.5) is 17.1 Å². The Labute approximate surface area is 156 Å². The Hall–Kier alpha value is -2.86. The lowest BCUT2D eigenvalue weighted by atomic mass is 10.1. The molecule has 1 aliphatic heterocycles. The normalized spacial score (nSPS) is 16.5. The first-order chi connectivity index (χ1) is 12.4. The molecule has 0 bridgehead atoms. The van der Waals surface area contributed by atoms with Gasteiger partial charge in [0.2, 0.25) is 17.7 Å². The number of nitrogens with one attached hydrogen (secondary N) is 2. The van der Waals surface area contributed by atoms with Crippen molar-refractivity contribution >= 4 is 46.4 Å². The fourth-order valence-electron chi connectivity index (χ4n) is 2.88. The van der Waals surface area contributed by atoms with Gasteiger partial charge in [-0.05, 0) is 42.5 Å². The largest absolute Gasteiger partial charge is 0.326 e. The summed E-state index contributed by atoms with van der Waals surface area (Å²) in [5.74, 6) is -0.953. The Bertz CT molecular complexity index is 851. The summed E-state index contributed by atoms with van der Waals surface area (Å²) in [5.41, 5.74) is 1.89. The fraction of sp³-hybridized carbons (Fsp3) is 0.211. The van der Waals surface area contributed by atoms with E-state index < -0.39 is 5.92 Å². The van der Waals surface area contributed by atoms with Crippen molar-refractivity contribution in [1.29, 1.82) is 0 Å². The van der Waals surface area contributed by atoms with E-state index in [4.69, 9.17) is 11.6 Å². The van der Waals surface area contributed by atoms with Crippen molar-refractivity contribution in [2.75, 3.05) is 22.1 Å². The van der Waals surface area contributed by atoms with E-state index in [9.17, 15) is 14.4 Å². The predicted molar refractivity (Wildman–Crippen MR) is 101 cm³/mol. The topological polar surface area (TPSA) is 78.5 Å². The van der Waals surface area contributed by atoms with Crippen LogP contribution >= 0.6 is 11.6 Å². The SMILES string of the molecule is CC(=O)Nc1cccc(NC(=O)C2CC(=O)N(c3ccc(Cl)cc3)C2)c1. The summed E-state index contributed by atoms with van der Waals surface area (Å²) in [6, 6.07) is 13.8. The minimum Gasteiger partial charge on any atom is -0.326 e. The summed E-state index contributed by atoms with van der Waals surface area (Å²) in [6.45, 7) is 1.73. The molecule has 1 atom stereocenters. The molecule has 7 heteroatoms. The maximum absolute atomic E-state index is 12.5. The molecule has 0 aliphatic carbocycles. The molecule has 1 heterocycles. The van der Waals surface area contributed by atoms with E-state index in [2.05, 4.69) is 10.6 Å². The first-order valence-electron chi connectivity index (χ1n) is 8.17. The molecule has 134 valence electrons. The van der Waals surface area contributed by atoms with Gasteiger partial charge in [-0.2, -0.15) is 0 Å². The molecule has 1 saturated heterocycles. The van der Waals surface area contributed by atoms with Gasteiger partial charge < -0.3 is 15.5 Å². The van der Waals surface area contributed by atoms with Crippen LogP contribution in [0, 0.1) is 5.92 Å². The zero-order valence-electron chi connectivity index (χ0n) is 14.2. The minimum absolute atomic E-state index is 0.0977. The standard InChI is InChI=1S/C19H18ClN3O3/c1-12(24)21-15-3-2-4-16(10-15)22-19(26)13-9-18(25)23(11-13)17-7-5-14(20)6-8-17/h2-8,10,13H,9,11H2,1H3,(H,21,24)(H,22,26). The molecule has 0 spiro atoms. The number of carbonyl (C=O) groups is 3. The molecule has 0 radical (unpaired) electrons. The van der Waals surface area contributed by atoms with E-state index >= 15 is 0 Å². The first-order valence-corrected chi connectivity index (χ1v) is 8.54. The Morgan fingerprint density at radius 2 is 1.73 bits per heavy atom. The molecule has 0 aromatic heterocycles. The van der Waals surface area contributed by atoms with Crippen LogP contribution < -0.4 is 15.5 Å². The monoisotopic (exact) mass is 371 g/mol. The van der Waals surface area contributed by atoms with E-state index in [-0.39, 0.29) is 24.1 Å². The molecular formula is C19H18ClN3O3. The summed E-state index contributed by atoms with van der Waals surface area (Å²) in [4.78, 5) is 37.5. The highest BCUT2D eigenvalue weighted by Gasteiger charge is 2.35. The Kier molecular flexibility index (Phi) is 5.23. The van der Waals surface area contributed by atoms with Crippen molar-refractivity contribution < 1.29 is 14.4 Å². The second-order valence-corrected chi connectivity index (χ2v) is 6.57.